The van der Waals surface area contributed by atoms with E-state index < -0.39 is 0 Å². The van der Waals surface area contributed by atoms with E-state index in [1.165, 1.54) is 12.8 Å². The Hall–Kier alpha value is -1.20. The van der Waals surface area contributed by atoms with Crippen LogP contribution < -0.4 is 10.6 Å². The van der Waals surface area contributed by atoms with E-state index in [-0.39, 0.29) is 0 Å². The molecule has 0 aromatic carbocycles. The molecule has 1 fully saturated rings. The third kappa shape index (κ3) is 3.40. The Morgan fingerprint density at radius 1 is 1.56 bits per heavy atom. The quantitative estimate of drug-likeness (QED) is 0.840. The predicted molar refractivity (Wildman–Crippen MR) is 77.0 cm³/mol. The lowest BCUT2D eigenvalue weighted by atomic mass is 10.1. The molecule has 2 rings (SSSR count). The van der Waals surface area contributed by atoms with Crippen molar-refractivity contribution in [1.29, 1.82) is 0 Å². The number of nitrogens with zero attached hydrogens (tertiary/aromatic N) is 2. The van der Waals surface area contributed by atoms with Gasteiger partial charge in [0.1, 0.15) is 10.8 Å². The Labute approximate surface area is 113 Å². The van der Waals surface area contributed by atoms with E-state index in [1.807, 2.05) is 19.2 Å². The number of pyridine rings is 1. The van der Waals surface area contributed by atoms with Gasteiger partial charge in [0.15, 0.2) is 0 Å². The van der Waals surface area contributed by atoms with Crippen molar-refractivity contribution in [3.63, 3.8) is 0 Å². The van der Waals surface area contributed by atoms with Gasteiger partial charge in [0, 0.05) is 32.0 Å². The molecule has 0 aliphatic carbocycles. The molecule has 5 heteroatoms. The molecule has 4 nitrogen and oxygen atoms in total. The summed E-state index contributed by atoms with van der Waals surface area (Å²) in [6.07, 6.45) is 5.61. The van der Waals surface area contributed by atoms with Gasteiger partial charge in [-0.05, 0) is 31.4 Å². The van der Waals surface area contributed by atoms with Crippen LogP contribution in [-0.4, -0.2) is 36.3 Å². The van der Waals surface area contributed by atoms with Gasteiger partial charge in [-0.15, -0.1) is 0 Å². The Kier molecular flexibility index (Phi) is 4.49. The molecule has 0 radical (unpaired) electrons. The van der Waals surface area contributed by atoms with Gasteiger partial charge in [-0.25, -0.2) is 4.98 Å². The molecule has 1 unspecified atom stereocenters. The van der Waals surface area contributed by atoms with Crippen molar-refractivity contribution >= 4 is 23.0 Å². The number of hydrogen-bond acceptors (Lipinski definition) is 4. The summed E-state index contributed by atoms with van der Waals surface area (Å²) in [7, 11) is 2.03. The van der Waals surface area contributed by atoms with E-state index in [2.05, 4.69) is 9.88 Å². The van der Waals surface area contributed by atoms with Crippen molar-refractivity contribution in [2.24, 2.45) is 5.73 Å². The highest BCUT2D eigenvalue weighted by atomic mass is 32.1. The summed E-state index contributed by atoms with van der Waals surface area (Å²) in [5, 5.41) is 0. The summed E-state index contributed by atoms with van der Waals surface area (Å²) >= 11 is 4.91. The lowest BCUT2D eigenvalue weighted by Gasteiger charge is -2.28. The van der Waals surface area contributed by atoms with Crippen molar-refractivity contribution in [3.8, 4) is 0 Å². The third-order valence-electron chi connectivity index (χ3n) is 3.17. The van der Waals surface area contributed by atoms with E-state index in [4.69, 9.17) is 22.7 Å². The normalized spacial score (nSPS) is 19.5. The molecule has 1 atom stereocenters. The summed E-state index contributed by atoms with van der Waals surface area (Å²) in [5.41, 5.74) is 6.35. The topological polar surface area (TPSA) is 51.4 Å². The van der Waals surface area contributed by atoms with E-state index in [1.54, 1.807) is 6.20 Å². The zero-order valence-electron chi connectivity index (χ0n) is 10.6. The Morgan fingerprint density at radius 3 is 2.94 bits per heavy atom. The van der Waals surface area contributed by atoms with Crippen molar-refractivity contribution < 1.29 is 4.74 Å². The second-order valence-electron chi connectivity index (χ2n) is 4.64. The SMILES string of the molecule is CN(CC1CCCCO1)c1ccc(C(N)=S)cn1. The van der Waals surface area contributed by atoms with Gasteiger partial charge in [0.05, 0.1) is 6.10 Å². The van der Waals surface area contributed by atoms with Gasteiger partial charge in [-0.2, -0.15) is 0 Å². The number of nitrogens with two attached hydrogens (primary N) is 1. The standard InChI is InChI=1S/C13H19N3OS/c1-16(9-11-4-2-3-7-17-11)12-6-5-10(8-15-12)13(14)18/h5-6,8,11H,2-4,7,9H2,1H3,(H2,14,18). The average molecular weight is 265 g/mol. The first-order chi connectivity index (χ1) is 8.66. The molecule has 18 heavy (non-hydrogen) atoms. The second-order valence-corrected chi connectivity index (χ2v) is 5.08. The monoisotopic (exact) mass is 265 g/mol. The number of ether oxygens (including phenoxy) is 1. The average Bonchev–Trinajstić information content (AvgIpc) is 2.40. The molecule has 1 aromatic rings. The lowest BCUT2D eigenvalue weighted by Crippen LogP contribution is -2.33. The first-order valence-electron chi connectivity index (χ1n) is 6.25. The molecule has 0 bridgehead atoms. The van der Waals surface area contributed by atoms with Crippen LogP contribution in [0.3, 0.4) is 0 Å². The maximum Gasteiger partial charge on any atom is 0.128 e. The Morgan fingerprint density at radius 2 is 2.39 bits per heavy atom. The predicted octanol–water partition coefficient (Wildman–Crippen LogP) is 1.72. The number of hydrogen-bond donors (Lipinski definition) is 1. The first-order valence-corrected chi connectivity index (χ1v) is 6.66. The fourth-order valence-electron chi connectivity index (χ4n) is 2.11. The highest BCUT2D eigenvalue weighted by Gasteiger charge is 2.16. The molecule has 0 saturated carbocycles. The highest BCUT2D eigenvalue weighted by molar-refractivity contribution is 7.80. The van der Waals surface area contributed by atoms with Gasteiger partial charge in [-0.3, -0.25) is 0 Å². The van der Waals surface area contributed by atoms with Crippen LogP contribution >= 0.6 is 12.2 Å². The summed E-state index contributed by atoms with van der Waals surface area (Å²) in [6, 6.07) is 3.85. The lowest BCUT2D eigenvalue weighted by molar-refractivity contribution is 0.0215. The molecule has 1 saturated heterocycles. The number of aromatic nitrogens is 1. The van der Waals surface area contributed by atoms with Crippen molar-refractivity contribution in [3.05, 3.63) is 23.9 Å². The third-order valence-corrected chi connectivity index (χ3v) is 3.41. The van der Waals surface area contributed by atoms with Crippen LogP contribution in [0.2, 0.25) is 0 Å². The van der Waals surface area contributed by atoms with Gasteiger partial charge >= 0.3 is 0 Å². The fourth-order valence-corrected chi connectivity index (χ4v) is 2.23. The minimum atomic E-state index is 0.320. The number of anilines is 1. The second kappa shape index (κ2) is 6.11. The number of likely N-dealkylation sites (N-methyl/N-ethyl adjacent to an activating group) is 1. The molecule has 1 aliphatic rings. The zero-order valence-corrected chi connectivity index (χ0v) is 11.4. The molecular weight excluding hydrogens is 246 g/mol. The van der Waals surface area contributed by atoms with Crippen LogP contribution in [0.1, 0.15) is 24.8 Å². The molecule has 2 heterocycles. The molecule has 98 valence electrons. The van der Waals surface area contributed by atoms with Gasteiger partial charge in [0.2, 0.25) is 0 Å². The van der Waals surface area contributed by atoms with E-state index in [0.29, 0.717) is 11.1 Å². The summed E-state index contributed by atoms with van der Waals surface area (Å²) < 4.78 is 5.72. The van der Waals surface area contributed by atoms with Gasteiger partial charge < -0.3 is 15.4 Å². The molecular formula is C13H19N3OS. The van der Waals surface area contributed by atoms with E-state index in [0.717, 1.165) is 31.0 Å². The van der Waals surface area contributed by atoms with Crippen LogP contribution in [0.15, 0.2) is 18.3 Å². The van der Waals surface area contributed by atoms with Crippen LogP contribution in [0.25, 0.3) is 0 Å². The van der Waals surface area contributed by atoms with Crippen LogP contribution in [0.4, 0.5) is 5.82 Å². The van der Waals surface area contributed by atoms with Gasteiger partial charge in [-0.1, -0.05) is 12.2 Å². The number of thiocarbonyl (C=S) groups is 1. The van der Waals surface area contributed by atoms with Crippen LogP contribution in [-0.2, 0) is 4.74 Å². The van der Waals surface area contributed by atoms with Crippen molar-refractivity contribution in [2.75, 3.05) is 25.1 Å². The van der Waals surface area contributed by atoms with Crippen molar-refractivity contribution in [2.45, 2.75) is 25.4 Å². The smallest absolute Gasteiger partial charge is 0.128 e. The van der Waals surface area contributed by atoms with E-state index in [9.17, 15) is 0 Å². The Balaban J connectivity index is 1.95. The minimum absolute atomic E-state index is 0.320. The van der Waals surface area contributed by atoms with E-state index >= 15 is 0 Å². The summed E-state index contributed by atoms with van der Waals surface area (Å²) in [4.78, 5) is 6.86. The fraction of sp³-hybridized carbons (Fsp3) is 0.538. The van der Waals surface area contributed by atoms with Crippen LogP contribution in [0.5, 0.6) is 0 Å². The molecule has 2 N–H and O–H groups in total. The molecule has 0 spiro atoms. The molecule has 1 aromatic heterocycles. The molecule has 0 amide bonds. The molecule has 1 aliphatic heterocycles. The maximum atomic E-state index is 5.72. The largest absolute Gasteiger partial charge is 0.389 e. The zero-order chi connectivity index (χ0) is 13.0. The Bertz CT molecular complexity index is 401. The highest BCUT2D eigenvalue weighted by Crippen LogP contribution is 2.16. The van der Waals surface area contributed by atoms with Crippen LogP contribution in [0, 0.1) is 0 Å². The van der Waals surface area contributed by atoms with Gasteiger partial charge in [0.25, 0.3) is 0 Å². The number of rotatable bonds is 4. The summed E-state index contributed by atoms with van der Waals surface area (Å²) in [5.74, 6) is 0.921. The first kappa shape index (κ1) is 13.2. The van der Waals surface area contributed by atoms with Crippen molar-refractivity contribution in [1.82, 2.24) is 4.98 Å². The summed E-state index contributed by atoms with van der Waals surface area (Å²) in [6.45, 7) is 1.76. The maximum absolute atomic E-state index is 5.72. The minimum Gasteiger partial charge on any atom is -0.389 e.